The van der Waals surface area contributed by atoms with Crippen molar-refractivity contribution in [1.29, 1.82) is 0 Å². The van der Waals surface area contributed by atoms with Crippen molar-refractivity contribution in [3.05, 3.63) is 54.1 Å². The number of nitrogens with zero attached hydrogens (tertiary/aromatic N) is 1. The van der Waals surface area contributed by atoms with Crippen LogP contribution in [-0.2, 0) is 18.0 Å². The van der Waals surface area contributed by atoms with Gasteiger partial charge < -0.3 is 9.72 Å². The van der Waals surface area contributed by atoms with Crippen molar-refractivity contribution in [2.24, 2.45) is 0 Å². The third-order valence-corrected chi connectivity index (χ3v) is 1.91. The molecule has 0 saturated heterocycles. The Morgan fingerprint density at radius 3 is 2.71 bits per heavy atom. The zero-order valence-electron chi connectivity index (χ0n) is 7.81. The Labute approximate surface area is 82.8 Å². The zero-order valence-corrected chi connectivity index (χ0v) is 7.81. The monoisotopic (exact) mass is 188 g/mol. The van der Waals surface area contributed by atoms with Gasteiger partial charge in [-0.25, -0.2) is 4.98 Å². The third kappa shape index (κ3) is 2.44. The van der Waals surface area contributed by atoms with Crippen LogP contribution in [0, 0.1) is 0 Å². The summed E-state index contributed by atoms with van der Waals surface area (Å²) in [6, 6.07) is 10.1. The highest BCUT2D eigenvalue weighted by atomic mass is 16.5. The Morgan fingerprint density at radius 2 is 2.00 bits per heavy atom. The van der Waals surface area contributed by atoms with E-state index < -0.39 is 0 Å². The summed E-state index contributed by atoms with van der Waals surface area (Å²) < 4.78 is 5.47. The number of nitrogens with one attached hydrogen (secondary N) is 1. The van der Waals surface area contributed by atoms with Gasteiger partial charge in [0.1, 0.15) is 12.4 Å². The van der Waals surface area contributed by atoms with Gasteiger partial charge in [-0.1, -0.05) is 30.3 Å². The van der Waals surface area contributed by atoms with E-state index in [1.165, 1.54) is 5.56 Å². The molecule has 0 aliphatic heterocycles. The summed E-state index contributed by atoms with van der Waals surface area (Å²) >= 11 is 0. The maximum Gasteiger partial charge on any atom is 0.132 e. The standard InChI is InChI=1S/C11H12N2O/c1-2-4-10(5-3-1)8-14-9-11-12-6-7-13-11/h1-7H,8-9H2,(H,12,13). The first-order valence-electron chi connectivity index (χ1n) is 4.55. The Balaban J connectivity index is 1.79. The van der Waals surface area contributed by atoms with Crippen LogP contribution in [0.25, 0.3) is 0 Å². The highest BCUT2D eigenvalue weighted by Crippen LogP contribution is 2.02. The molecule has 0 amide bonds. The van der Waals surface area contributed by atoms with E-state index in [1.807, 2.05) is 30.3 Å². The second-order valence-corrected chi connectivity index (χ2v) is 3.01. The van der Waals surface area contributed by atoms with Gasteiger partial charge in [-0.15, -0.1) is 0 Å². The number of hydrogen-bond acceptors (Lipinski definition) is 2. The fraction of sp³-hybridized carbons (Fsp3) is 0.182. The van der Waals surface area contributed by atoms with E-state index in [0.29, 0.717) is 13.2 Å². The molecule has 0 fully saturated rings. The molecule has 0 aliphatic carbocycles. The first-order chi connectivity index (χ1) is 6.95. The fourth-order valence-electron chi connectivity index (χ4n) is 1.22. The molecule has 0 radical (unpaired) electrons. The molecule has 1 aromatic carbocycles. The van der Waals surface area contributed by atoms with Crippen LogP contribution in [0.3, 0.4) is 0 Å². The summed E-state index contributed by atoms with van der Waals surface area (Å²) in [6.07, 6.45) is 3.52. The summed E-state index contributed by atoms with van der Waals surface area (Å²) in [4.78, 5) is 7.05. The summed E-state index contributed by atoms with van der Waals surface area (Å²) in [5.74, 6) is 0.862. The first kappa shape index (κ1) is 8.97. The number of aromatic amines is 1. The van der Waals surface area contributed by atoms with Crippen LogP contribution < -0.4 is 0 Å². The molecule has 2 rings (SSSR count). The number of hydrogen-bond donors (Lipinski definition) is 1. The van der Waals surface area contributed by atoms with Gasteiger partial charge in [-0.05, 0) is 5.56 Å². The van der Waals surface area contributed by atoms with Crippen molar-refractivity contribution in [2.75, 3.05) is 0 Å². The average Bonchev–Trinajstić information content (AvgIpc) is 2.72. The van der Waals surface area contributed by atoms with E-state index in [4.69, 9.17) is 4.74 Å². The Bertz CT molecular complexity index is 356. The van der Waals surface area contributed by atoms with Gasteiger partial charge in [-0.2, -0.15) is 0 Å². The molecule has 3 nitrogen and oxygen atoms in total. The molecule has 0 saturated carbocycles. The number of H-pyrrole nitrogens is 1. The Hall–Kier alpha value is -1.61. The quantitative estimate of drug-likeness (QED) is 0.798. The van der Waals surface area contributed by atoms with Crippen molar-refractivity contribution < 1.29 is 4.74 Å². The molecule has 1 N–H and O–H groups in total. The van der Waals surface area contributed by atoms with Crippen molar-refractivity contribution in [2.45, 2.75) is 13.2 Å². The topological polar surface area (TPSA) is 37.9 Å². The van der Waals surface area contributed by atoms with Gasteiger partial charge in [0, 0.05) is 12.4 Å². The van der Waals surface area contributed by atoms with Crippen LogP contribution in [0.4, 0.5) is 0 Å². The van der Waals surface area contributed by atoms with E-state index in [-0.39, 0.29) is 0 Å². The molecule has 1 heterocycles. The minimum absolute atomic E-state index is 0.530. The van der Waals surface area contributed by atoms with E-state index >= 15 is 0 Å². The van der Waals surface area contributed by atoms with Crippen molar-refractivity contribution in [1.82, 2.24) is 9.97 Å². The summed E-state index contributed by atoms with van der Waals surface area (Å²) in [7, 11) is 0. The average molecular weight is 188 g/mol. The van der Waals surface area contributed by atoms with E-state index in [2.05, 4.69) is 9.97 Å². The maximum atomic E-state index is 5.47. The molecular formula is C11H12N2O. The highest BCUT2D eigenvalue weighted by Gasteiger charge is 1.95. The largest absolute Gasteiger partial charge is 0.369 e. The van der Waals surface area contributed by atoms with Gasteiger partial charge >= 0.3 is 0 Å². The number of benzene rings is 1. The van der Waals surface area contributed by atoms with Gasteiger partial charge in [0.2, 0.25) is 0 Å². The van der Waals surface area contributed by atoms with Crippen LogP contribution in [0.15, 0.2) is 42.7 Å². The van der Waals surface area contributed by atoms with Crippen LogP contribution in [-0.4, -0.2) is 9.97 Å². The van der Waals surface area contributed by atoms with Gasteiger partial charge in [0.15, 0.2) is 0 Å². The highest BCUT2D eigenvalue weighted by molar-refractivity contribution is 5.13. The molecule has 72 valence electrons. The number of imidazole rings is 1. The number of ether oxygens (including phenoxy) is 1. The van der Waals surface area contributed by atoms with E-state index in [0.717, 1.165) is 5.82 Å². The smallest absolute Gasteiger partial charge is 0.132 e. The minimum atomic E-state index is 0.530. The normalized spacial score (nSPS) is 10.3. The first-order valence-corrected chi connectivity index (χ1v) is 4.55. The Kier molecular flexibility index (Phi) is 2.93. The predicted octanol–water partition coefficient (Wildman–Crippen LogP) is 2.13. The summed E-state index contributed by atoms with van der Waals surface area (Å²) in [6.45, 7) is 1.16. The number of aromatic nitrogens is 2. The lowest BCUT2D eigenvalue weighted by Crippen LogP contribution is -1.95. The second kappa shape index (κ2) is 4.58. The third-order valence-electron chi connectivity index (χ3n) is 1.91. The zero-order chi connectivity index (χ0) is 9.64. The summed E-state index contributed by atoms with van der Waals surface area (Å²) in [5, 5.41) is 0. The molecule has 0 atom stereocenters. The molecule has 14 heavy (non-hydrogen) atoms. The van der Waals surface area contributed by atoms with Crippen molar-refractivity contribution in [3.8, 4) is 0 Å². The van der Waals surface area contributed by atoms with Crippen LogP contribution in [0.2, 0.25) is 0 Å². The van der Waals surface area contributed by atoms with Crippen LogP contribution in [0.5, 0.6) is 0 Å². The number of rotatable bonds is 4. The molecule has 0 spiro atoms. The SMILES string of the molecule is c1ccc(COCc2ncc[nH]2)cc1. The molecule has 2 aromatic rings. The van der Waals surface area contributed by atoms with Gasteiger partial charge in [-0.3, -0.25) is 0 Å². The summed E-state index contributed by atoms with van der Waals surface area (Å²) in [5.41, 5.74) is 1.18. The van der Waals surface area contributed by atoms with Crippen molar-refractivity contribution >= 4 is 0 Å². The van der Waals surface area contributed by atoms with Crippen LogP contribution >= 0.6 is 0 Å². The lowest BCUT2D eigenvalue weighted by atomic mass is 10.2. The van der Waals surface area contributed by atoms with Crippen molar-refractivity contribution in [3.63, 3.8) is 0 Å². The second-order valence-electron chi connectivity index (χ2n) is 3.01. The lowest BCUT2D eigenvalue weighted by Gasteiger charge is -2.01. The van der Waals surface area contributed by atoms with E-state index in [9.17, 15) is 0 Å². The predicted molar refractivity (Wildman–Crippen MR) is 53.5 cm³/mol. The Morgan fingerprint density at radius 1 is 1.14 bits per heavy atom. The molecule has 0 unspecified atom stereocenters. The fourth-order valence-corrected chi connectivity index (χ4v) is 1.22. The van der Waals surface area contributed by atoms with E-state index in [1.54, 1.807) is 12.4 Å². The van der Waals surface area contributed by atoms with Gasteiger partial charge in [0.25, 0.3) is 0 Å². The molecule has 0 bridgehead atoms. The molecular weight excluding hydrogens is 176 g/mol. The van der Waals surface area contributed by atoms with Crippen LogP contribution in [0.1, 0.15) is 11.4 Å². The van der Waals surface area contributed by atoms with Gasteiger partial charge in [0.05, 0.1) is 6.61 Å². The lowest BCUT2D eigenvalue weighted by molar-refractivity contribution is 0.102. The maximum absolute atomic E-state index is 5.47. The molecule has 0 aliphatic rings. The molecule has 1 aromatic heterocycles. The minimum Gasteiger partial charge on any atom is -0.369 e. The molecule has 3 heteroatoms.